The van der Waals surface area contributed by atoms with E-state index in [2.05, 4.69) is 12.2 Å². The van der Waals surface area contributed by atoms with E-state index >= 15 is 0 Å². The first-order valence-electron chi connectivity index (χ1n) is 9.09. The molecular weight excluding hydrogens is 364 g/mol. The molecule has 0 atom stereocenters. The van der Waals surface area contributed by atoms with Crippen LogP contribution in [0.3, 0.4) is 0 Å². The molecule has 1 N–H and O–H groups in total. The van der Waals surface area contributed by atoms with E-state index in [0.29, 0.717) is 37.6 Å². The second-order valence-electron chi connectivity index (χ2n) is 6.45. The van der Waals surface area contributed by atoms with Crippen molar-refractivity contribution in [3.8, 4) is 0 Å². The van der Waals surface area contributed by atoms with Gasteiger partial charge >= 0.3 is 0 Å². The first kappa shape index (κ1) is 19.5. The molecule has 0 radical (unpaired) electrons. The average molecular weight is 388 g/mol. The quantitative estimate of drug-likeness (QED) is 0.826. The molecule has 144 valence electrons. The fourth-order valence-corrected chi connectivity index (χ4v) is 4.43. The lowest BCUT2D eigenvalue weighted by atomic mass is 10.1. The first-order valence-corrected chi connectivity index (χ1v) is 10.5. The molecule has 2 aromatic rings. The fourth-order valence-electron chi connectivity index (χ4n) is 2.98. The highest BCUT2D eigenvalue weighted by molar-refractivity contribution is 7.89. The number of hydrogen-bond acceptors (Lipinski definition) is 4. The molecule has 0 spiro atoms. The molecule has 2 aromatic carbocycles. The molecule has 1 aliphatic heterocycles. The Bertz CT molecular complexity index is 888. The van der Waals surface area contributed by atoms with E-state index < -0.39 is 10.0 Å². The van der Waals surface area contributed by atoms with Crippen molar-refractivity contribution in [2.75, 3.05) is 31.6 Å². The summed E-state index contributed by atoms with van der Waals surface area (Å²) in [6, 6.07) is 13.8. The van der Waals surface area contributed by atoms with Crippen LogP contribution in [0, 0.1) is 0 Å². The smallest absolute Gasteiger partial charge is 0.255 e. The standard InChI is InChI=1S/C20H24N2O4S/c1-2-4-16-7-9-18(10-8-16)21-20(23)17-5-3-6-19(15-17)27(24,25)22-11-13-26-14-12-22/h3,5-10,15H,2,4,11-14H2,1H3,(H,21,23). The highest BCUT2D eigenvalue weighted by atomic mass is 32.2. The molecule has 1 saturated heterocycles. The average Bonchev–Trinajstić information content (AvgIpc) is 2.70. The van der Waals surface area contributed by atoms with Crippen LogP contribution in [0.5, 0.6) is 0 Å². The molecule has 3 rings (SSSR count). The molecule has 27 heavy (non-hydrogen) atoms. The lowest BCUT2D eigenvalue weighted by molar-refractivity contribution is 0.0730. The number of rotatable bonds is 6. The van der Waals surface area contributed by atoms with Gasteiger partial charge in [0, 0.05) is 24.3 Å². The largest absolute Gasteiger partial charge is 0.379 e. The summed E-state index contributed by atoms with van der Waals surface area (Å²) in [6.45, 7) is 3.53. The van der Waals surface area contributed by atoms with E-state index in [1.165, 1.54) is 22.0 Å². The maximum Gasteiger partial charge on any atom is 0.255 e. The van der Waals surface area contributed by atoms with Gasteiger partial charge in [-0.05, 0) is 42.3 Å². The molecule has 6 nitrogen and oxygen atoms in total. The highest BCUT2D eigenvalue weighted by Crippen LogP contribution is 2.19. The maximum absolute atomic E-state index is 12.8. The number of anilines is 1. The molecule has 0 bridgehead atoms. The van der Waals surface area contributed by atoms with Crippen molar-refractivity contribution < 1.29 is 17.9 Å². The summed E-state index contributed by atoms with van der Waals surface area (Å²) in [5.74, 6) is -0.336. The molecular formula is C20H24N2O4S. The second-order valence-corrected chi connectivity index (χ2v) is 8.38. The Morgan fingerprint density at radius 3 is 2.48 bits per heavy atom. The Labute approximate surface area is 160 Å². The molecule has 0 aromatic heterocycles. The number of ether oxygens (including phenoxy) is 1. The van der Waals surface area contributed by atoms with Crippen LogP contribution in [-0.2, 0) is 21.2 Å². The molecule has 1 fully saturated rings. The number of sulfonamides is 1. The van der Waals surface area contributed by atoms with Gasteiger partial charge in [-0.15, -0.1) is 0 Å². The number of nitrogens with one attached hydrogen (secondary N) is 1. The van der Waals surface area contributed by atoms with Gasteiger partial charge in [-0.3, -0.25) is 4.79 Å². The summed E-state index contributed by atoms with van der Waals surface area (Å²) in [4.78, 5) is 12.7. The van der Waals surface area contributed by atoms with Gasteiger partial charge in [-0.1, -0.05) is 31.5 Å². The normalized spacial score (nSPS) is 15.4. The van der Waals surface area contributed by atoms with E-state index in [0.717, 1.165) is 12.8 Å². The van der Waals surface area contributed by atoms with Gasteiger partial charge in [-0.25, -0.2) is 8.42 Å². The number of carbonyl (C=O) groups excluding carboxylic acids is 1. The lowest BCUT2D eigenvalue weighted by Crippen LogP contribution is -2.40. The monoisotopic (exact) mass is 388 g/mol. The zero-order chi connectivity index (χ0) is 19.3. The number of morpholine rings is 1. The lowest BCUT2D eigenvalue weighted by Gasteiger charge is -2.26. The predicted molar refractivity (Wildman–Crippen MR) is 104 cm³/mol. The SMILES string of the molecule is CCCc1ccc(NC(=O)c2cccc(S(=O)(=O)N3CCOCC3)c2)cc1. The van der Waals surface area contributed by atoms with Gasteiger partial charge in [0.25, 0.3) is 5.91 Å². The Hall–Kier alpha value is -2.22. The molecule has 7 heteroatoms. The zero-order valence-electron chi connectivity index (χ0n) is 15.3. The van der Waals surface area contributed by atoms with Crippen LogP contribution in [0.25, 0.3) is 0 Å². The first-order chi connectivity index (χ1) is 13.0. The van der Waals surface area contributed by atoms with Crippen molar-refractivity contribution in [2.24, 2.45) is 0 Å². The van der Waals surface area contributed by atoms with Crippen molar-refractivity contribution in [2.45, 2.75) is 24.7 Å². The summed E-state index contributed by atoms with van der Waals surface area (Å²) in [5, 5.41) is 2.82. The van der Waals surface area contributed by atoms with Crippen LogP contribution >= 0.6 is 0 Å². The Balaban J connectivity index is 1.75. The van der Waals surface area contributed by atoms with E-state index in [1.807, 2.05) is 24.3 Å². The number of benzene rings is 2. The minimum Gasteiger partial charge on any atom is -0.379 e. The summed E-state index contributed by atoms with van der Waals surface area (Å²) in [5.41, 5.74) is 2.21. The Kier molecular flexibility index (Phi) is 6.26. The van der Waals surface area contributed by atoms with E-state index in [-0.39, 0.29) is 10.8 Å². The topological polar surface area (TPSA) is 75.7 Å². The minimum atomic E-state index is -3.63. The Morgan fingerprint density at radius 2 is 1.81 bits per heavy atom. The van der Waals surface area contributed by atoms with Crippen LogP contribution in [0.15, 0.2) is 53.4 Å². The molecule has 0 saturated carbocycles. The van der Waals surface area contributed by atoms with E-state index in [9.17, 15) is 13.2 Å². The van der Waals surface area contributed by atoms with Crippen LogP contribution < -0.4 is 5.32 Å². The van der Waals surface area contributed by atoms with Gasteiger partial charge in [0.1, 0.15) is 0 Å². The number of nitrogens with zero attached hydrogens (tertiary/aromatic N) is 1. The summed E-state index contributed by atoms with van der Waals surface area (Å²) in [6.07, 6.45) is 2.06. The van der Waals surface area contributed by atoms with Gasteiger partial charge in [0.15, 0.2) is 0 Å². The minimum absolute atomic E-state index is 0.121. The van der Waals surface area contributed by atoms with Gasteiger partial charge in [-0.2, -0.15) is 4.31 Å². The number of carbonyl (C=O) groups is 1. The highest BCUT2D eigenvalue weighted by Gasteiger charge is 2.26. The molecule has 1 amide bonds. The van der Waals surface area contributed by atoms with E-state index in [1.54, 1.807) is 12.1 Å². The van der Waals surface area contributed by atoms with Crippen LogP contribution in [0.1, 0.15) is 29.3 Å². The van der Waals surface area contributed by atoms with Crippen LogP contribution in [0.4, 0.5) is 5.69 Å². The second kappa shape index (κ2) is 8.65. The number of amides is 1. The van der Waals surface area contributed by atoms with Gasteiger partial charge in [0.2, 0.25) is 10.0 Å². The third kappa shape index (κ3) is 4.74. The van der Waals surface area contributed by atoms with Gasteiger partial charge < -0.3 is 10.1 Å². The summed E-state index contributed by atoms with van der Waals surface area (Å²) < 4.78 is 32.1. The zero-order valence-corrected chi connectivity index (χ0v) is 16.2. The molecule has 1 heterocycles. The third-order valence-corrected chi connectivity index (χ3v) is 6.35. The van der Waals surface area contributed by atoms with Crippen molar-refractivity contribution in [3.63, 3.8) is 0 Å². The molecule has 1 aliphatic rings. The maximum atomic E-state index is 12.8. The van der Waals surface area contributed by atoms with Crippen LogP contribution in [0.2, 0.25) is 0 Å². The number of hydrogen-bond donors (Lipinski definition) is 1. The predicted octanol–water partition coefficient (Wildman–Crippen LogP) is 2.91. The third-order valence-electron chi connectivity index (χ3n) is 4.45. The van der Waals surface area contributed by atoms with Crippen molar-refractivity contribution >= 4 is 21.6 Å². The van der Waals surface area contributed by atoms with Crippen molar-refractivity contribution in [3.05, 3.63) is 59.7 Å². The van der Waals surface area contributed by atoms with Gasteiger partial charge in [0.05, 0.1) is 18.1 Å². The molecule has 0 unspecified atom stereocenters. The van der Waals surface area contributed by atoms with Crippen molar-refractivity contribution in [1.29, 1.82) is 0 Å². The van der Waals surface area contributed by atoms with Crippen molar-refractivity contribution in [1.82, 2.24) is 4.31 Å². The molecule has 0 aliphatic carbocycles. The van der Waals surface area contributed by atoms with E-state index in [4.69, 9.17) is 4.74 Å². The van der Waals surface area contributed by atoms with Crippen LogP contribution in [-0.4, -0.2) is 44.9 Å². The fraction of sp³-hybridized carbons (Fsp3) is 0.350. The number of aryl methyl sites for hydroxylation is 1. The summed E-state index contributed by atoms with van der Waals surface area (Å²) >= 11 is 0. The Morgan fingerprint density at radius 1 is 1.11 bits per heavy atom. The summed E-state index contributed by atoms with van der Waals surface area (Å²) in [7, 11) is -3.63.